The maximum atomic E-state index is 12.9. The Labute approximate surface area is 349 Å². The van der Waals surface area contributed by atoms with Crippen LogP contribution in [0.2, 0.25) is 0 Å². The summed E-state index contributed by atoms with van der Waals surface area (Å²) in [7, 11) is 0. The minimum atomic E-state index is -0.546. The van der Waals surface area contributed by atoms with Gasteiger partial charge in [0.15, 0.2) is 23.0 Å². The first-order valence-corrected chi connectivity index (χ1v) is 22.0. The van der Waals surface area contributed by atoms with Crippen molar-refractivity contribution in [1.82, 2.24) is 0 Å². The zero-order chi connectivity index (χ0) is 41.8. The van der Waals surface area contributed by atoms with Crippen molar-refractivity contribution in [3.8, 4) is 34.5 Å². The molecule has 0 amide bonds. The predicted molar refractivity (Wildman–Crippen MR) is 237 cm³/mol. The average Bonchev–Trinajstić information content (AvgIpc) is 3.22. The molecule has 0 atom stereocenters. The number of esters is 2. The Bertz CT molecular complexity index is 1570. The number of aryl methyl sites for hydroxylation is 2. The lowest BCUT2D eigenvalue weighted by Gasteiger charge is -2.17. The molecule has 58 heavy (non-hydrogen) atoms. The van der Waals surface area contributed by atoms with Crippen LogP contribution in [0.15, 0.2) is 60.7 Å². The van der Waals surface area contributed by atoms with Crippen LogP contribution in [0.4, 0.5) is 0 Å². The number of carbonyl (C=O) groups is 2. The van der Waals surface area contributed by atoms with Crippen molar-refractivity contribution in [3.05, 3.63) is 82.9 Å². The largest absolute Gasteiger partial charge is 0.489 e. The smallest absolute Gasteiger partial charge is 0.336 e. The van der Waals surface area contributed by atoms with Crippen molar-refractivity contribution in [3.63, 3.8) is 0 Å². The molecule has 0 aliphatic heterocycles. The van der Waals surface area contributed by atoms with Crippen LogP contribution < -0.4 is 28.4 Å². The van der Waals surface area contributed by atoms with E-state index in [0.717, 1.165) is 111 Å². The number of rotatable bonds is 30. The molecular formula is C50H70O8. The van der Waals surface area contributed by atoms with Gasteiger partial charge < -0.3 is 28.4 Å². The fraction of sp³-hybridized carbons (Fsp3) is 0.520. The highest BCUT2D eigenvalue weighted by atomic mass is 16.5. The van der Waals surface area contributed by atoms with E-state index in [9.17, 15) is 9.59 Å². The summed E-state index contributed by atoms with van der Waals surface area (Å²) < 4.78 is 36.2. The van der Waals surface area contributed by atoms with Gasteiger partial charge in [-0.3, -0.25) is 0 Å². The highest BCUT2D eigenvalue weighted by Gasteiger charge is 2.16. The van der Waals surface area contributed by atoms with E-state index in [1.165, 1.54) is 37.8 Å². The highest BCUT2D eigenvalue weighted by Crippen LogP contribution is 2.38. The summed E-state index contributed by atoms with van der Waals surface area (Å²) in [6.07, 6.45) is 23.8. The molecule has 0 fully saturated rings. The molecule has 0 heterocycles. The normalized spacial score (nSPS) is 11.3. The van der Waals surface area contributed by atoms with Gasteiger partial charge in [0.1, 0.15) is 11.5 Å². The quantitative estimate of drug-likeness (QED) is 0.0285. The zero-order valence-electron chi connectivity index (χ0n) is 36.3. The Morgan fingerprint density at radius 3 is 1.03 bits per heavy atom. The number of carbonyl (C=O) groups excluding carboxylic acids is 2. The van der Waals surface area contributed by atoms with E-state index in [1.54, 1.807) is 36.4 Å². The number of benzene rings is 3. The molecule has 0 aromatic heterocycles. The summed E-state index contributed by atoms with van der Waals surface area (Å²) in [6.45, 7) is 15.2. The fourth-order valence-corrected chi connectivity index (χ4v) is 6.28. The van der Waals surface area contributed by atoms with E-state index in [1.807, 2.05) is 38.1 Å². The van der Waals surface area contributed by atoms with Gasteiger partial charge in [-0.1, -0.05) is 129 Å². The molecule has 0 N–H and O–H groups in total. The van der Waals surface area contributed by atoms with E-state index in [2.05, 4.69) is 27.7 Å². The molecule has 0 saturated carbocycles. The number of hydrogen-bond donors (Lipinski definition) is 0. The third kappa shape index (κ3) is 17.8. The molecule has 318 valence electrons. The number of hydrogen-bond acceptors (Lipinski definition) is 8. The van der Waals surface area contributed by atoms with Crippen LogP contribution >= 0.6 is 0 Å². The van der Waals surface area contributed by atoms with Crippen LogP contribution in [0.25, 0.3) is 12.2 Å². The van der Waals surface area contributed by atoms with E-state index in [4.69, 9.17) is 28.4 Å². The molecule has 0 aliphatic carbocycles. The first kappa shape index (κ1) is 47.7. The Kier molecular flexibility index (Phi) is 23.5. The standard InChI is InChI=1S/C50H70O8/c1-7-11-15-19-35-53-47-39(5)23-25-41(49(47)55-37-21-17-13-9-3)27-33-45(51)57-43-29-31-44(32-30-43)58-46(52)34-28-42-26-24-40(6)48(54-36-20-16-12-8-2)50(42)56-38-22-18-14-10-4/h23-34H,7-22,35-38H2,1-6H3/b33-27+,34-28+. The summed E-state index contributed by atoms with van der Waals surface area (Å²) in [4.78, 5) is 25.9. The first-order chi connectivity index (χ1) is 28.3. The molecule has 3 aromatic rings. The lowest BCUT2D eigenvalue weighted by atomic mass is 10.1. The van der Waals surface area contributed by atoms with Crippen molar-refractivity contribution in [1.29, 1.82) is 0 Å². The van der Waals surface area contributed by atoms with Crippen LogP contribution in [-0.4, -0.2) is 38.4 Å². The van der Waals surface area contributed by atoms with Gasteiger partial charge in [0, 0.05) is 23.3 Å². The molecule has 0 unspecified atom stereocenters. The molecule has 3 aromatic carbocycles. The van der Waals surface area contributed by atoms with Gasteiger partial charge in [-0.15, -0.1) is 0 Å². The topological polar surface area (TPSA) is 89.5 Å². The van der Waals surface area contributed by atoms with Gasteiger partial charge in [0.25, 0.3) is 0 Å². The fourth-order valence-electron chi connectivity index (χ4n) is 6.28. The molecule has 0 saturated heterocycles. The van der Waals surface area contributed by atoms with Crippen molar-refractivity contribution >= 4 is 24.1 Å². The molecule has 8 heteroatoms. The molecule has 0 bridgehead atoms. The third-order valence-electron chi connectivity index (χ3n) is 9.71. The minimum Gasteiger partial charge on any atom is -0.489 e. The maximum Gasteiger partial charge on any atom is 0.336 e. The maximum absolute atomic E-state index is 12.9. The predicted octanol–water partition coefficient (Wildman–Crippen LogP) is 13.4. The summed E-state index contributed by atoms with van der Waals surface area (Å²) in [5.41, 5.74) is 3.48. The second-order valence-electron chi connectivity index (χ2n) is 14.9. The van der Waals surface area contributed by atoms with Crippen LogP contribution in [0.3, 0.4) is 0 Å². The van der Waals surface area contributed by atoms with E-state index in [-0.39, 0.29) is 0 Å². The van der Waals surface area contributed by atoms with Gasteiger partial charge in [0.05, 0.1) is 26.4 Å². The Morgan fingerprint density at radius 1 is 0.414 bits per heavy atom. The monoisotopic (exact) mass is 799 g/mol. The molecule has 0 aliphatic rings. The van der Waals surface area contributed by atoms with E-state index in [0.29, 0.717) is 49.4 Å². The lowest BCUT2D eigenvalue weighted by molar-refractivity contribution is -0.130. The third-order valence-corrected chi connectivity index (χ3v) is 9.71. The summed E-state index contributed by atoms with van der Waals surface area (Å²) in [5.74, 6) is 2.29. The molecule has 3 rings (SSSR count). The highest BCUT2D eigenvalue weighted by molar-refractivity contribution is 5.90. The first-order valence-electron chi connectivity index (χ1n) is 22.0. The van der Waals surface area contributed by atoms with Crippen LogP contribution in [0, 0.1) is 13.8 Å². The molecular weight excluding hydrogens is 729 g/mol. The second-order valence-corrected chi connectivity index (χ2v) is 14.9. The van der Waals surface area contributed by atoms with Gasteiger partial charge in [0.2, 0.25) is 0 Å². The van der Waals surface area contributed by atoms with Crippen molar-refractivity contribution in [2.75, 3.05) is 26.4 Å². The SMILES string of the molecule is CCCCCCOc1c(C)ccc(/C=C/C(=O)Oc2ccc(OC(=O)/C=C/c3ccc(C)c(OCCCCCC)c3OCCCCCC)cc2)c1OCCCCCC. The van der Waals surface area contributed by atoms with E-state index < -0.39 is 11.9 Å². The second kappa shape index (κ2) is 28.6. The summed E-state index contributed by atoms with van der Waals surface area (Å²) in [6, 6.07) is 14.2. The molecule has 0 spiro atoms. The lowest BCUT2D eigenvalue weighted by Crippen LogP contribution is -2.07. The van der Waals surface area contributed by atoms with Crippen molar-refractivity contribution < 1.29 is 38.0 Å². The van der Waals surface area contributed by atoms with Gasteiger partial charge in [-0.25, -0.2) is 9.59 Å². The zero-order valence-corrected chi connectivity index (χ0v) is 36.3. The average molecular weight is 799 g/mol. The number of ether oxygens (including phenoxy) is 6. The van der Waals surface area contributed by atoms with Gasteiger partial charge in [-0.05, 0) is 87.1 Å². The van der Waals surface area contributed by atoms with Crippen molar-refractivity contribution in [2.24, 2.45) is 0 Å². The summed E-state index contributed by atoms with van der Waals surface area (Å²) in [5, 5.41) is 0. The van der Waals surface area contributed by atoms with E-state index >= 15 is 0 Å². The Morgan fingerprint density at radius 2 is 0.724 bits per heavy atom. The Balaban J connectivity index is 1.65. The van der Waals surface area contributed by atoms with Crippen LogP contribution in [0.1, 0.15) is 153 Å². The van der Waals surface area contributed by atoms with Crippen LogP contribution in [-0.2, 0) is 9.59 Å². The number of unbranched alkanes of at least 4 members (excludes halogenated alkanes) is 12. The van der Waals surface area contributed by atoms with Crippen molar-refractivity contribution in [2.45, 2.75) is 144 Å². The molecule has 0 radical (unpaired) electrons. The minimum absolute atomic E-state index is 0.319. The van der Waals surface area contributed by atoms with Gasteiger partial charge >= 0.3 is 11.9 Å². The molecule has 8 nitrogen and oxygen atoms in total. The summed E-state index contributed by atoms with van der Waals surface area (Å²) >= 11 is 0. The van der Waals surface area contributed by atoms with Gasteiger partial charge in [-0.2, -0.15) is 0 Å². The Hall–Kier alpha value is -4.72. The van der Waals surface area contributed by atoms with Crippen LogP contribution in [0.5, 0.6) is 34.5 Å².